The van der Waals surface area contributed by atoms with Gasteiger partial charge in [0.15, 0.2) is 4.96 Å². The van der Waals surface area contributed by atoms with Crippen molar-refractivity contribution in [3.05, 3.63) is 69.1 Å². The molecular weight excluding hydrogens is 473 g/mol. The van der Waals surface area contributed by atoms with Crippen molar-refractivity contribution in [2.45, 2.75) is 37.4 Å². The lowest BCUT2D eigenvalue weighted by Crippen LogP contribution is -2.44. The molecule has 0 aliphatic carbocycles. The number of alkyl halides is 3. The number of thiazole rings is 1. The van der Waals surface area contributed by atoms with E-state index >= 15 is 0 Å². The smallest absolute Gasteiger partial charge is 0.353 e. The molecule has 3 aromatic rings. The summed E-state index contributed by atoms with van der Waals surface area (Å²) in [5.41, 5.74) is 0.537. The van der Waals surface area contributed by atoms with Gasteiger partial charge in [0.2, 0.25) is 5.91 Å². The summed E-state index contributed by atoms with van der Waals surface area (Å²) < 4.78 is 40.2. The highest BCUT2D eigenvalue weighted by Gasteiger charge is 2.30. The Morgan fingerprint density at radius 3 is 2.79 bits per heavy atom. The normalized spacial score (nSPS) is 15.7. The summed E-state index contributed by atoms with van der Waals surface area (Å²) in [6, 6.07) is 6.97. The van der Waals surface area contributed by atoms with E-state index in [0.717, 1.165) is 18.9 Å². The van der Waals surface area contributed by atoms with Crippen LogP contribution in [0.2, 0.25) is 0 Å². The fraction of sp³-hybridized carbons (Fsp3) is 0.409. The number of carbonyl (C=O) groups is 1. The topological polar surface area (TPSA) is 66.7 Å². The number of amides is 1. The van der Waals surface area contributed by atoms with E-state index in [1.165, 1.54) is 45.7 Å². The van der Waals surface area contributed by atoms with Gasteiger partial charge in [0, 0.05) is 49.1 Å². The van der Waals surface area contributed by atoms with Crippen molar-refractivity contribution in [2.75, 3.05) is 18.8 Å². The molecule has 0 unspecified atom stereocenters. The van der Waals surface area contributed by atoms with Gasteiger partial charge in [0.05, 0.1) is 17.0 Å². The second-order valence-electron chi connectivity index (χ2n) is 7.95. The lowest BCUT2D eigenvalue weighted by molar-refractivity contribution is -0.137. The van der Waals surface area contributed by atoms with Crippen LogP contribution in [0.1, 0.15) is 29.7 Å². The summed E-state index contributed by atoms with van der Waals surface area (Å²) in [6.45, 7) is 1.88. The molecule has 3 heterocycles. The van der Waals surface area contributed by atoms with Crippen molar-refractivity contribution in [3.63, 3.8) is 0 Å². The van der Waals surface area contributed by atoms with E-state index < -0.39 is 11.7 Å². The summed E-state index contributed by atoms with van der Waals surface area (Å²) in [4.78, 5) is 31.5. The average Bonchev–Trinajstić information content (AvgIpc) is 3.24. The van der Waals surface area contributed by atoms with E-state index in [1.54, 1.807) is 17.6 Å². The molecule has 176 valence electrons. The van der Waals surface area contributed by atoms with Crippen molar-refractivity contribution >= 4 is 34.0 Å². The van der Waals surface area contributed by atoms with Crippen LogP contribution in [0.25, 0.3) is 4.96 Å². The molecule has 11 heteroatoms. The number of nitrogens with zero attached hydrogens (tertiary/aromatic N) is 3. The largest absolute Gasteiger partial charge is 0.416 e. The number of halogens is 3. The second-order valence-corrected chi connectivity index (χ2v) is 9.81. The van der Waals surface area contributed by atoms with E-state index in [2.05, 4.69) is 15.2 Å². The van der Waals surface area contributed by atoms with E-state index in [9.17, 15) is 22.8 Å². The van der Waals surface area contributed by atoms with E-state index in [-0.39, 0.29) is 23.3 Å². The molecule has 0 radical (unpaired) electrons. The number of aromatic nitrogens is 2. The molecule has 0 saturated carbocycles. The minimum atomic E-state index is -4.34. The molecular formula is C22H23F3N4O2S2. The number of likely N-dealkylation sites (tertiary alicyclic amines) is 1. The third-order valence-corrected chi connectivity index (χ3v) is 7.18. The fourth-order valence-corrected chi connectivity index (χ4v) is 5.29. The van der Waals surface area contributed by atoms with Gasteiger partial charge in [0.1, 0.15) is 0 Å². The Balaban J connectivity index is 1.19. The summed E-state index contributed by atoms with van der Waals surface area (Å²) in [5, 5.41) is 4.84. The Bertz CT molecular complexity index is 1170. The maximum atomic E-state index is 12.9. The quantitative estimate of drug-likeness (QED) is 0.539. The number of thioether (sulfide) groups is 1. The van der Waals surface area contributed by atoms with Crippen LogP contribution >= 0.6 is 23.1 Å². The number of piperidine rings is 1. The number of hydrogen-bond donors (Lipinski definition) is 1. The van der Waals surface area contributed by atoms with Crippen LogP contribution in [-0.4, -0.2) is 45.1 Å². The Morgan fingerprint density at radius 2 is 2.03 bits per heavy atom. The average molecular weight is 497 g/mol. The highest BCUT2D eigenvalue weighted by molar-refractivity contribution is 7.99. The van der Waals surface area contributed by atoms with Gasteiger partial charge in [-0.05, 0) is 24.5 Å². The summed E-state index contributed by atoms with van der Waals surface area (Å²) in [7, 11) is 0. The lowest BCUT2D eigenvalue weighted by atomic mass is 10.0. The predicted octanol–water partition coefficient (Wildman–Crippen LogP) is 3.79. The van der Waals surface area contributed by atoms with Crippen LogP contribution in [-0.2, 0) is 23.3 Å². The van der Waals surface area contributed by atoms with Crippen molar-refractivity contribution in [2.24, 2.45) is 0 Å². The van der Waals surface area contributed by atoms with Crippen LogP contribution < -0.4 is 10.9 Å². The molecule has 1 N–H and O–H groups in total. The van der Waals surface area contributed by atoms with Crippen molar-refractivity contribution < 1.29 is 18.0 Å². The molecule has 1 fully saturated rings. The van der Waals surface area contributed by atoms with Crippen molar-refractivity contribution in [1.82, 2.24) is 19.6 Å². The molecule has 1 amide bonds. The van der Waals surface area contributed by atoms with Crippen molar-refractivity contribution in [1.29, 1.82) is 0 Å². The van der Waals surface area contributed by atoms with E-state index in [1.807, 2.05) is 0 Å². The van der Waals surface area contributed by atoms with Crippen LogP contribution in [0.5, 0.6) is 0 Å². The Hall–Kier alpha value is -2.37. The van der Waals surface area contributed by atoms with Gasteiger partial charge in [-0.3, -0.25) is 18.9 Å². The number of rotatable bonds is 7. The molecule has 6 nitrogen and oxygen atoms in total. The fourth-order valence-electron chi connectivity index (χ4n) is 3.82. The van der Waals surface area contributed by atoms with Crippen LogP contribution in [0, 0.1) is 0 Å². The molecule has 0 atom stereocenters. The number of nitrogens with one attached hydrogen (secondary N) is 1. The van der Waals surface area contributed by atoms with Gasteiger partial charge in [0.25, 0.3) is 5.56 Å². The minimum Gasteiger partial charge on any atom is -0.353 e. The van der Waals surface area contributed by atoms with E-state index in [4.69, 9.17) is 0 Å². The molecule has 1 aromatic carbocycles. The summed E-state index contributed by atoms with van der Waals surface area (Å²) >= 11 is 2.80. The molecule has 1 aliphatic rings. The van der Waals surface area contributed by atoms with Crippen LogP contribution in [0.15, 0.2) is 46.7 Å². The zero-order valence-electron chi connectivity index (χ0n) is 17.7. The molecule has 4 rings (SSSR count). The number of fused-ring (bicyclic) bond motifs is 1. The first-order valence-corrected chi connectivity index (χ1v) is 12.5. The van der Waals surface area contributed by atoms with Gasteiger partial charge in [-0.25, -0.2) is 4.98 Å². The summed E-state index contributed by atoms with van der Waals surface area (Å²) in [6.07, 6.45) is -1.15. The SMILES string of the molecule is O=C(CSCc1cc(=O)n2ccsc2n1)NC1CCN(Cc2cccc(C(F)(F)F)c2)CC1. The van der Waals surface area contributed by atoms with Crippen molar-refractivity contribution in [3.8, 4) is 0 Å². The highest BCUT2D eigenvalue weighted by atomic mass is 32.2. The first-order chi connectivity index (χ1) is 15.8. The van der Waals surface area contributed by atoms with Gasteiger partial charge in [-0.1, -0.05) is 18.2 Å². The van der Waals surface area contributed by atoms with Gasteiger partial charge in [-0.15, -0.1) is 23.1 Å². The molecule has 0 spiro atoms. The van der Waals surface area contributed by atoms with Gasteiger partial charge < -0.3 is 5.32 Å². The van der Waals surface area contributed by atoms with Crippen LogP contribution in [0.3, 0.4) is 0 Å². The molecule has 1 saturated heterocycles. The third kappa shape index (κ3) is 6.36. The number of benzene rings is 1. The summed E-state index contributed by atoms with van der Waals surface area (Å²) in [5.74, 6) is 0.688. The molecule has 0 bridgehead atoms. The first kappa shape index (κ1) is 23.8. The Labute approximate surface area is 196 Å². The van der Waals surface area contributed by atoms with Crippen LogP contribution in [0.4, 0.5) is 13.2 Å². The zero-order valence-corrected chi connectivity index (χ0v) is 19.3. The molecule has 33 heavy (non-hydrogen) atoms. The molecule has 2 aromatic heterocycles. The van der Waals surface area contributed by atoms with Gasteiger partial charge >= 0.3 is 6.18 Å². The number of hydrogen-bond acceptors (Lipinski definition) is 6. The maximum absolute atomic E-state index is 12.9. The van der Waals surface area contributed by atoms with Gasteiger partial charge in [-0.2, -0.15) is 13.2 Å². The molecule has 1 aliphatic heterocycles. The third-order valence-electron chi connectivity index (χ3n) is 5.45. The predicted molar refractivity (Wildman–Crippen MR) is 123 cm³/mol. The maximum Gasteiger partial charge on any atom is 0.416 e. The number of carbonyl (C=O) groups excluding carboxylic acids is 1. The lowest BCUT2D eigenvalue weighted by Gasteiger charge is -2.32. The zero-order chi connectivity index (χ0) is 23.4. The van der Waals surface area contributed by atoms with E-state index in [0.29, 0.717) is 41.6 Å². The monoisotopic (exact) mass is 496 g/mol. The first-order valence-electron chi connectivity index (χ1n) is 10.5. The second kappa shape index (κ2) is 10.3. The minimum absolute atomic E-state index is 0.0566. The standard InChI is InChI=1S/C22H23F3N4O2S2/c23-22(24,25)16-3-1-2-15(10-16)12-28-6-4-17(5-7-28)26-19(30)14-32-13-18-11-20(31)29-8-9-33-21(29)27-18/h1-3,8-11,17H,4-7,12-14H2,(H,26,30). The Kier molecular flexibility index (Phi) is 7.40. The highest BCUT2D eigenvalue weighted by Crippen LogP contribution is 2.30. The Morgan fingerprint density at radius 1 is 1.24 bits per heavy atom.